The number of hydrogen-bond acceptors (Lipinski definition) is 4. The predicted molar refractivity (Wildman–Crippen MR) is 94.5 cm³/mol. The van der Waals surface area contributed by atoms with Gasteiger partial charge >= 0.3 is 0 Å². The zero-order valence-corrected chi connectivity index (χ0v) is 15.6. The summed E-state index contributed by atoms with van der Waals surface area (Å²) in [7, 11) is -0.0156. The maximum Gasteiger partial charge on any atom is 0.253 e. The molecule has 0 spiro atoms. The summed E-state index contributed by atoms with van der Waals surface area (Å²) in [5, 5.41) is 3.24. The number of amides is 1. The largest absolute Gasteiger partial charge is 0.339 e. The summed E-state index contributed by atoms with van der Waals surface area (Å²) in [6, 6.07) is 6.59. The number of rotatable bonds is 5. The van der Waals surface area contributed by atoms with Crippen molar-refractivity contribution >= 4 is 15.9 Å². The lowest BCUT2D eigenvalue weighted by Gasteiger charge is -2.31. The van der Waals surface area contributed by atoms with Crippen LogP contribution in [0.25, 0.3) is 0 Å². The molecule has 1 saturated heterocycles. The number of carbonyl (C=O) groups excluding carboxylic acids is 1. The van der Waals surface area contributed by atoms with Crippen molar-refractivity contribution in [3.05, 3.63) is 29.8 Å². The first-order valence-electron chi connectivity index (χ1n) is 8.32. The molecule has 0 aliphatic carbocycles. The van der Waals surface area contributed by atoms with E-state index in [0.717, 1.165) is 25.9 Å². The van der Waals surface area contributed by atoms with Crippen LogP contribution in [-0.2, 0) is 10.0 Å². The average Bonchev–Trinajstić information content (AvgIpc) is 2.60. The lowest BCUT2D eigenvalue weighted by molar-refractivity contribution is 0.0707. The van der Waals surface area contributed by atoms with E-state index >= 15 is 0 Å². The molecular formula is C17H27N3O3S. The average molecular weight is 353 g/mol. The molecule has 0 radical (unpaired) electrons. The lowest BCUT2D eigenvalue weighted by atomic mass is 10.0. The fourth-order valence-electron chi connectivity index (χ4n) is 2.77. The number of likely N-dealkylation sites (tertiary alicyclic amines) is 1. The van der Waals surface area contributed by atoms with Crippen molar-refractivity contribution in [2.45, 2.75) is 43.7 Å². The van der Waals surface area contributed by atoms with E-state index in [1.54, 1.807) is 19.2 Å². The zero-order chi connectivity index (χ0) is 17.9. The predicted octanol–water partition coefficient (Wildman–Crippen LogP) is 1.54. The van der Waals surface area contributed by atoms with E-state index in [0.29, 0.717) is 11.6 Å². The minimum absolute atomic E-state index is 0.0364. The third kappa shape index (κ3) is 3.96. The van der Waals surface area contributed by atoms with E-state index in [2.05, 4.69) is 5.32 Å². The summed E-state index contributed by atoms with van der Waals surface area (Å²) in [4.78, 5) is 14.6. The summed E-state index contributed by atoms with van der Waals surface area (Å²) in [6.07, 6.45) is 1.88. The summed E-state index contributed by atoms with van der Waals surface area (Å²) in [6.45, 7) is 5.09. The van der Waals surface area contributed by atoms with E-state index in [9.17, 15) is 13.2 Å². The van der Waals surface area contributed by atoms with E-state index < -0.39 is 10.0 Å². The van der Waals surface area contributed by atoms with Crippen molar-refractivity contribution in [2.75, 3.05) is 27.2 Å². The van der Waals surface area contributed by atoms with Crippen molar-refractivity contribution in [3.63, 3.8) is 0 Å². The van der Waals surface area contributed by atoms with Gasteiger partial charge in [0.15, 0.2) is 0 Å². The number of nitrogens with zero attached hydrogens (tertiary/aromatic N) is 2. The van der Waals surface area contributed by atoms with Crippen molar-refractivity contribution in [3.8, 4) is 0 Å². The van der Waals surface area contributed by atoms with Crippen molar-refractivity contribution in [2.24, 2.45) is 0 Å². The molecule has 0 atom stereocenters. The van der Waals surface area contributed by atoms with Crippen LogP contribution in [0.5, 0.6) is 0 Å². The molecular weight excluding hydrogens is 326 g/mol. The van der Waals surface area contributed by atoms with Gasteiger partial charge in [-0.25, -0.2) is 8.42 Å². The number of carbonyl (C=O) groups is 1. The highest BCUT2D eigenvalue weighted by Crippen LogP contribution is 2.19. The lowest BCUT2D eigenvalue weighted by Crippen LogP contribution is -2.43. The van der Waals surface area contributed by atoms with E-state index in [4.69, 9.17) is 0 Å². The second-order valence-electron chi connectivity index (χ2n) is 6.49. The molecule has 2 rings (SSSR count). The van der Waals surface area contributed by atoms with Crippen LogP contribution in [0.15, 0.2) is 29.2 Å². The molecule has 1 aliphatic heterocycles. The summed E-state index contributed by atoms with van der Waals surface area (Å²) in [5.74, 6) is -0.0364. The van der Waals surface area contributed by atoms with Gasteiger partial charge in [-0.05, 0) is 58.0 Å². The van der Waals surface area contributed by atoms with Crippen LogP contribution in [0.4, 0.5) is 0 Å². The molecule has 1 N–H and O–H groups in total. The van der Waals surface area contributed by atoms with Gasteiger partial charge in [0.1, 0.15) is 0 Å². The Morgan fingerprint density at radius 3 is 2.21 bits per heavy atom. The number of benzene rings is 1. The maximum atomic E-state index is 12.5. The van der Waals surface area contributed by atoms with Crippen molar-refractivity contribution in [1.29, 1.82) is 0 Å². The first-order valence-corrected chi connectivity index (χ1v) is 9.76. The highest BCUT2D eigenvalue weighted by atomic mass is 32.2. The minimum Gasteiger partial charge on any atom is -0.339 e. The third-order valence-corrected chi connectivity index (χ3v) is 6.74. The molecule has 1 aromatic rings. The first-order chi connectivity index (χ1) is 11.3. The van der Waals surface area contributed by atoms with Gasteiger partial charge in [-0.2, -0.15) is 4.31 Å². The second-order valence-corrected chi connectivity index (χ2v) is 8.49. The highest BCUT2D eigenvalue weighted by Gasteiger charge is 2.25. The second kappa shape index (κ2) is 7.63. The van der Waals surface area contributed by atoms with Gasteiger partial charge in [0.2, 0.25) is 10.0 Å². The number of sulfonamides is 1. The Morgan fingerprint density at radius 2 is 1.75 bits per heavy atom. The van der Waals surface area contributed by atoms with Crippen LogP contribution in [0, 0.1) is 0 Å². The molecule has 1 amide bonds. The molecule has 7 heteroatoms. The van der Waals surface area contributed by atoms with E-state index in [1.807, 2.05) is 25.8 Å². The molecule has 0 unspecified atom stereocenters. The monoisotopic (exact) mass is 353 g/mol. The highest BCUT2D eigenvalue weighted by molar-refractivity contribution is 7.89. The Bertz CT molecular complexity index is 663. The number of nitrogens with one attached hydrogen (secondary N) is 1. The van der Waals surface area contributed by atoms with Gasteiger partial charge in [0.05, 0.1) is 4.90 Å². The van der Waals surface area contributed by atoms with Gasteiger partial charge in [-0.15, -0.1) is 0 Å². The minimum atomic E-state index is -3.52. The van der Waals surface area contributed by atoms with Crippen LogP contribution in [-0.4, -0.2) is 62.8 Å². The fraction of sp³-hybridized carbons (Fsp3) is 0.588. The summed E-state index contributed by atoms with van der Waals surface area (Å²) >= 11 is 0. The summed E-state index contributed by atoms with van der Waals surface area (Å²) < 4.78 is 26.2. The fourth-order valence-corrected chi connectivity index (χ4v) is 4.13. The first kappa shape index (κ1) is 18.9. The van der Waals surface area contributed by atoms with Gasteiger partial charge in [-0.3, -0.25) is 4.79 Å². The number of piperidine rings is 1. The summed E-state index contributed by atoms with van der Waals surface area (Å²) in [5.41, 5.74) is 0.532. The quantitative estimate of drug-likeness (QED) is 0.872. The van der Waals surface area contributed by atoms with Gasteiger partial charge in [0, 0.05) is 37.8 Å². The zero-order valence-electron chi connectivity index (χ0n) is 14.8. The Labute approximate surface area is 144 Å². The molecule has 1 heterocycles. The topological polar surface area (TPSA) is 69.7 Å². The smallest absolute Gasteiger partial charge is 0.253 e. The van der Waals surface area contributed by atoms with Crippen LogP contribution >= 0.6 is 0 Å². The standard InChI is InChI=1S/C17H27N3O3S/c1-13(2)19(4)24(22,23)16-7-5-14(6-8-16)17(21)20-11-9-15(18-3)10-12-20/h5-8,13,15,18H,9-12H2,1-4H3. The van der Waals surface area contributed by atoms with Gasteiger partial charge in [0.25, 0.3) is 5.91 Å². The molecule has 134 valence electrons. The molecule has 0 saturated carbocycles. The molecule has 1 aliphatic rings. The van der Waals surface area contributed by atoms with Crippen LogP contribution < -0.4 is 5.32 Å². The van der Waals surface area contributed by atoms with Crippen LogP contribution in [0.1, 0.15) is 37.0 Å². The molecule has 1 aromatic carbocycles. The van der Waals surface area contributed by atoms with Crippen molar-refractivity contribution in [1.82, 2.24) is 14.5 Å². The van der Waals surface area contributed by atoms with Crippen molar-refractivity contribution < 1.29 is 13.2 Å². The van der Waals surface area contributed by atoms with Gasteiger partial charge in [-0.1, -0.05) is 0 Å². The molecule has 24 heavy (non-hydrogen) atoms. The SMILES string of the molecule is CNC1CCN(C(=O)c2ccc(S(=O)(=O)N(C)C(C)C)cc2)CC1. The molecule has 1 fully saturated rings. The Balaban J connectivity index is 2.11. The third-order valence-electron chi connectivity index (χ3n) is 4.70. The molecule has 0 aromatic heterocycles. The Hall–Kier alpha value is -1.44. The number of hydrogen-bond donors (Lipinski definition) is 1. The van der Waals surface area contributed by atoms with E-state index in [1.165, 1.54) is 16.4 Å². The maximum absolute atomic E-state index is 12.5. The Morgan fingerprint density at radius 1 is 1.21 bits per heavy atom. The normalized spacial score (nSPS) is 16.8. The van der Waals surface area contributed by atoms with E-state index in [-0.39, 0.29) is 16.8 Å². The Kier molecular flexibility index (Phi) is 6.01. The van der Waals surface area contributed by atoms with Crippen LogP contribution in [0.2, 0.25) is 0 Å². The molecule has 0 bridgehead atoms. The van der Waals surface area contributed by atoms with Gasteiger partial charge < -0.3 is 10.2 Å². The van der Waals surface area contributed by atoms with Crippen LogP contribution in [0.3, 0.4) is 0 Å². The molecule has 6 nitrogen and oxygen atoms in total.